The lowest BCUT2D eigenvalue weighted by molar-refractivity contribution is 0.129. The summed E-state index contributed by atoms with van der Waals surface area (Å²) >= 11 is 0. The van der Waals surface area contributed by atoms with Crippen LogP contribution < -0.4 is 5.73 Å². The minimum absolute atomic E-state index is 0.402. The molecule has 0 aliphatic heterocycles. The van der Waals surface area contributed by atoms with Gasteiger partial charge in [0, 0.05) is 6.04 Å². The topological polar surface area (TPSA) is 26.0 Å². The van der Waals surface area contributed by atoms with Gasteiger partial charge in [-0.05, 0) is 30.1 Å². The van der Waals surface area contributed by atoms with Crippen LogP contribution >= 0.6 is 0 Å². The van der Waals surface area contributed by atoms with Gasteiger partial charge in [-0.1, -0.05) is 34.1 Å². The molecule has 0 unspecified atom stereocenters. The van der Waals surface area contributed by atoms with Crippen LogP contribution in [-0.2, 0) is 0 Å². The van der Waals surface area contributed by atoms with Crippen molar-refractivity contribution in [3.63, 3.8) is 0 Å². The fraction of sp³-hybridized carbons (Fsp3) is 1.00. The molecule has 1 fully saturated rings. The summed E-state index contributed by atoms with van der Waals surface area (Å²) in [6.07, 6.45) is 3.92. The van der Waals surface area contributed by atoms with Gasteiger partial charge in [0.05, 0.1) is 0 Å². The quantitative estimate of drug-likeness (QED) is 0.593. The summed E-state index contributed by atoms with van der Waals surface area (Å²) in [7, 11) is 0. The van der Waals surface area contributed by atoms with Crippen molar-refractivity contribution in [3.05, 3.63) is 0 Å². The number of hydrogen-bond acceptors (Lipinski definition) is 1. The molecular formula is C11H23N. The second-order valence-electron chi connectivity index (χ2n) is 5.55. The Bertz CT molecular complexity index is 146. The van der Waals surface area contributed by atoms with Crippen LogP contribution in [0, 0.1) is 17.3 Å². The first kappa shape index (κ1) is 10.0. The van der Waals surface area contributed by atoms with Gasteiger partial charge in [-0.15, -0.1) is 0 Å². The summed E-state index contributed by atoms with van der Waals surface area (Å²) in [4.78, 5) is 0. The molecule has 0 heterocycles. The van der Waals surface area contributed by atoms with E-state index in [9.17, 15) is 0 Å². The summed E-state index contributed by atoms with van der Waals surface area (Å²) in [5, 5.41) is 0. The van der Waals surface area contributed by atoms with Crippen LogP contribution in [0.5, 0.6) is 0 Å². The third-order valence-electron chi connectivity index (χ3n) is 3.27. The van der Waals surface area contributed by atoms with Crippen molar-refractivity contribution >= 4 is 0 Å². The average Bonchev–Trinajstić information content (AvgIpc) is 1.83. The maximum Gasteiger partial charge on any atom is 0.00746 e. The molecule has 1 heteroatoms. The first-order valence-corrected chi connectivity index (χ1v) is 5.17. The van der Waals surface area contributed by atoms with Crippen LogP contribution in [0.3, 0.4) is 0 Å². The van der Waals surface area contributed by atoms with Gasteiger partial charge in [0.25, 0.3) is 0 Å². The van der Waals surface area contributed by atoms with E-state index in [0.717, 1.165) is 11.8 Å². The smallest absolute Gasteiger partial charge is 0.00746 e. The highest BCUT2D eigenvalue weighted by Gasteiger charge is 2.33. The van der Waals surface area contributed by atoms with Crippen molar-refractivity contribution in [1.29, 1.82) is 0 Å². The van der Waals surface area contributed by atoms with Crippen LogP contribution in [0.2, 0.25) is 0 Å². The molecule has 0 bridgehead atoms. The van der Waals surface area contributed by atoms with Crippen LogP contribution in [0.25, 0.3) is 0 Å². The molecule has 0 amide bonds. The van der Waals surface area contributed by atoms with Crippen molar-refractivity contribution in [3.8, 4) is 0 Å². The van der Waals surface area contributed by atoms with Crippen molar-refractivity contribution in [2.75, 3.05) is 0 Å². The zero-order chi connectivity index (χ0) is 9.35. The van der Waals surface area contributed by atoms with E-state index in [1.165, 1.54) is 19.3 Å². The van der Waals surface area contributed by atoms with Gasteiger partial charge in [-0.2, -0.15) is 0 Å². The third kappa shape index (κ3) is 2.22. The Hall–Kier alpha value is -0.0400. The van der Waals surface area contributed by atoms with Gasteiger partial charge >= 0.3 is 0 Å². The van der Waals surface area contributed by atoms with E-state index in [4.69, 9.17) is 5.73 Å². The van der Waals surface area contributed by atoms with Gasteiger partial charge in [0.15, 0.2) is 0 Å². The van der Waals surface area contributed by atoms with Crippen molar-refractivity contribution < 1.29 is 0 Å². The summed E-state index contributed by atoms with van der Waals surface area (Å²) in [6.45, 7) is 9.26. The Morgan fingerprint density at radius 3 is 2.17 bits per heavy atom. The van der Waals surface area contributed by atoms with E-state index < -0.39 is 0 Å². The van der Waals surface area contributed by atoms with E-state index in [1.807, 2.05) is 0 Å². The molecule has 3 atom stereocenters. The molecule has 0 aromatic heterocycles. The highest BCUT2D eigenvalue weighted by molar-refractivity contribution is 4.87. The highest BCUT2D eigenvalue weighted by Crippen LogP contribution is 2.38. The second-order valence-corrected chi connectivity index (χ2v) is 5.55. The van der Waals surface area contributed by atoms with Crippen molar-refractivity contribution in [2.45, 2.75) is 53.0 Å². The number of nitrogens with two attached hydrogens (primary N) is 1. The highest BCUT2D eigenvalue weighted by atomic mass is 14.7. The predicted molar refractivity (Wildman–Crippen MR) is 53.9 cm³/mol. The van der Waals surface area contributed by atoms with E-state index in [0.29, 0.717) is 11.5 Å². The molecule has 72 valence electrons. The maximum atomic E-state index is 6.16. The van der Waals surface area contributed by atoms with Crippen molar-refractivity contribution in [1.82, 2.24) is 0 Å². The maximum absolute atomic E-state index is 6.16. The van der Waals surface area contributed by atoms with Gasteiger partial charge in [-0.3, -0.25) is 0 Å². The SMILES string of the molecule is C[C@@H]1CC[C@@H](C(C)(C)C)[C@H](N)C1. The largest absolute Gasteiger partial charge is 0.327 e. The van der Waals surface area contributed by atoms with E-state index >= 15 is 0 Å². The lowest BCUT2D eigenvalue weighted by Crippen LogP contribution is -2.42. The second kappa shape index (κ2) is 3.37. The molecule has 1 nitrogen and oxygen atoms in total. The molecule has 1 aliphatic carbocycles. The first-order valence-electron chi connectivity index (χ1n) is 5.17. The van der Waals surface area contributed by atoms with Crippen molar-refractivity contribution in [2.24, 2.45) is 23.0 Å². The molecule has 0 aromatic carbocycles. The summed E-state index contributed by atoms with van der Waals surface area (Å²) < 4.78 is 0. The van der Waals surface area contributed by atoms with E-state index in [2.05, 4.69) is 27.7 Å². The van der Waals surface area contributed by atoms with Crippen LogP contribution in [0.1, 0.15) is 47.0 Å². The predicted octanol–water partition coefficient (Wildman–Crippen LogP) is 2.80. The Balaban J connectivity index is 2.57. The summed E-state index contributed by atoms with van der Waals surface area (Å²) in [5.74, 6) is 1.58. The molecule has 0 spiro atoms. The molecule has 1 rings (SSSR count). The molecule has 12 heavy (non-hydrogen) atoms. The Kier molecular flexibility index (Phi) is 2.82. The van der Waals surface area contributed by atoms with Gasteiger partial charge in [0.1, 0.15) is 0 Å². The van der Waals surface area contributed by atoms with Crippen LogP contribution in [-0.4, -0.2) is 6.04 Å². The Labute approximate surface area is 76.7 Å². The molecular weight excluding hydrogens is 146 g/mol. The van der Waals surface area contributed by atoms with Gasteiger partial charge < -0.3 is 5.73 Å². The van der Waals surface area contributed by atoms with E-state index in [1.54, 1.807) is 0 Å². The van der Waals surface area contributed by atoms with E-state index in [-0.39, 0.29) is 0 Å². The first-order chi connectivity index (χ1) is 5.41. The molecule has 0 aromatic rings. The van der Waals surface area contributed by atoms with Crippen LogP contribution in [0.15, 0.2) is 0 Å². The third-order valence-corrected chi connectivity index (χ3v) is 3.27. The Morgan fingerprint density at radius 1 is 1.17 bits per heavy atom. The van der Waals surface area contributed by atoms with Gasteiger partial charge in [-0.25, -0.2) is 0 Å². The number of hydrogen-bond donors (Lipinski definition) is 1. The van der Waals surface area contributed by atoms with Crippen LogP contribution in [0.4, 0.5) is 0 Å². The monoisotopic (exact) mass is 169 g/mol. The normalized spacial score (nSPS) is 38.2. The molecule has 1 aliphatic rings. The lowest BCUT2D eigenvalue weighted by atomic mass is 9.67. The molecule has 2 N–H and O–H groups in total. The standard InChI is InChI=1S/C11H23N/c1-8-5-6-9(10(12)7-8)11(2,3)4/h8-10H,5-7,12H2,1-4H3/t8-,9-,10-/m1/s1. The zero-order valence-electron chi connectivity index (χ0n) is 8.93. The minimum Gasteiger partial charge on any atom is -0.327 e. The average molecular weight is 169 g/mol. The molecule has 1 saturated carbocycles. The minimum atomic E-state index is 0.402. The number of rotatable bonds is 0. The fourth-order valence-electron chi connectivity index (χ4n) is 2.50. The lowest BCUT2D eigenvalue weighted by Gasteiger charge is -2.40. The van der Waals surface area contributed by atoms with Gasteiger partial charge in [0.2, 0.25) is 0 Å². The summed E-state index contributed by atoms with van der Waals surface area (Å²) in [6, 6.07) is 0.439. The molecule has 0 radical (unpaired) electrons. The molecule has 0 saturated heterocycles. The summed E-state index contributed by atoms with van der Waals surface area (Å²) in [5.41, 5.74) is 6.56. The Morgan fingerprint density at radius 2 is 1.75 bits per heavy atom. The zero-order valence-corrected chi connectivity index (χ0v) is 8.93. The fourth-order valence-corrected chi connectivity index (χ4v) is 2.50.